The van der Waals surface area contributed by atoms with Gasteiger partial charge in [0.25, 0.3) is 0 Å². The monoisotopic (exact) mass is 403 g/mol. The largest absolute Gasteiger partial charge is 0.492 e. The van der Waals surface area contributed by atoms with Crippen LogP contribution >= 0.6 is 11.6 Å². The van der Waals surface area contributed by atoms with E-state index < -0.39 is 6.04 Å². The Balaban J connectivity index is 1.54. The predicted molar refractivity (Wildman–Crippen MR) is 102 cm³/mol. The van der Waals surface area contributed by atoms with Gasteiger partial charge in [0, 0.05) is 10.6 Å². The smallest absolute Gasteiger partial charge is 0.246 e. The number of carbonyl (C=O) groups excluding carboxylic acids is 1. The fourth-order valence-corrected chi connectivity index (χ4v) is 2.64. The highest BCUT2D eigenvalue weighted by atomic mass is 35.5. The Morgan fingerprint density at radius 1 is 1.21 bits per heavy atom. The molecule has 146 valence electrons. The van der Waals surface area contributed by atoms with E-state index in [1.165, 1.54) is 29.1 Å². The van der Waals surface area contributed by atoms with Crippen LogP contribution in [0.4, 0.5) is 4.39 Å². The first-order chi connectivity index (χ1) is 13.6. The molecule has 9 heteroatoms. The van der Waals surface area contributed by atoms with Crippen LogP contribution in [0.5, 0.6) is 5.75 Å². The maximum atomic E-state index is 12.9. The van der Waals surface area contributed by atoms with Crippen molar-refractivity contribution in [2.75, 3.05) is 13.2 Å². The molecule has 1 N–H and O–H groups in total. The molecule has 28 heavy (non-hydrogen) atoms. The highest BCUT2D eigenvalue weighted by Gasteiger charge is 2.21. The molecule has 1 atom stereocenters. The first-order valence-corrected chi connectivity index (χ1v) is 9.16. The first-order valence-electron chi connectivity index (χ1n) is 8.78. The van der Waals surface area contributed by atoms with Crippen molar-refractivity contribution < 1.29 is 13.9 Å². The van der Waals surface area contributed by atoms with Gasteiger partial charge < -0.3 is 10.1 Å². The minimum Gasteiger partial charge on any atom is -0.492 e. The number of ether oxygens (including phenoxy) is 1. The molecule has 1 unspecified atom stereocenters. The van der Waals surface area contributed by atoms with Gasteiger partial charge in [-0.1, -0.05) is 18.5 Å². The Morgan fingerprint density at radius 3 is 2.61 bits per heavy atom. The van der Waals surface area contributed by atoms with E-state index in [1.54, 1.807) is 24.3 Å². The van der Waals surface area contributed by atoms with E-state index in [9.17, 15) is 9.18 Å². The van der Waals surface area contributed by atoms with Crippen molar-refractivity contribution in [2.45, 2.75) is 19.4 Å². The Bertz CT molecular complexity index is 915. The summed E-state index contributed by atoms with van der Waals surface area (Å²) in [5.74, 6) is 0.394. The van der Waals surface area contributed by atoms with Gasteiger partial charge >= 0.3 is 0 Å². The molecule has 0 spiro atoms. The topological polar surface area (TPSA) is 81.9 Å². The van der Waals surface area contributed by atoms with E-state index >= 15 is 0 Å². The van der Waals surface area contributed by atoms with Crippen molar-refractivity contribution in [3.05, 3.63) is 59.4 Å². The summed E-state index contributed by atoms with van der Waals surface area (Å²) in [5, 5.41) is 15.7. The van der Waals surface area contributed by atoms with Gasteiger partial charge in [-0.25, -0.2) is 4.39 Å². The number of aromatic nitrogens is 4. The minimum atomic E-state index is -0.584. The van der Waals surface area contributed by atoms with Gasteiger partial charge in [0.1, 0.15) is 18.2 Å². The average Bonchev–Trinajstić information content (AvgIpc) is 3.17. The third kappa shape index (κ3) is 5.04. The van der Waals surface area contributed by atoms with Crippen molar-refractivity contribution in [1.29, 1.82) is 0 Å². The molecule has 1 heterocycles. The molecule has 2 aromatic carbocycles. The second-order valence-electron chi connectivity index (χ2n) is 5.96. The number of halogens is 2. The number of rotatable bonds is 8. The Hall–Kier alpha value is -3.00. The molecule has 0 aliphatic carbocycles. The number of tetrazole rings is 1. The fourth-order valence-electron chi connectivity index (χ4n) is 2.52. The molecule has 3 aromatic rings. The van der Waals surface area contributed by atoms with Crippen LogP contribution in [0.2, 0.25) is 5.02 Å². The molecule has 0 radical (unpaired) electrons. The molecule has 0 fully saturated rings. The third-order valence-electron chi connectivity index (χ3n) is 3.98. The number of nitrogens with zero attached hydrogens (tertiary/aromatic N) is 4. The lowest BCUT2D eigenvalue weighted by Gasteiger charge is -2.14. The van der Waals surface area contributed by atoms with Crippen molar-refractivity contribution in [2.24, 2.45) is 0 Å². The number of amides is 1. The number of benzene rings is 2. The molecule has 1 aromatic heterocycles. The summed E-state index contributed by atoms with van der Waals surface area (Å²) in [7, 11) is 0. The summed E-state index contributed by atoms with van der Waals surface area (Å²) < 4.78 is 18.3. The Morgan fingerprint density at radius 2 is 1.93 bits per heavy atom. The van der Waals surface area contributed by atoms with Gasteiger partial charge in [-0.05, 0) is 60.2 Å². The standard InChI is InChI=1S/C19H19ClFN5O2/c1-2-17(19(27)22-11-12-28-16-9-7-15(21)8-10-16)26-24-18(23-25-26)13-3-5-14(20)6-4-13/h3-10,17H,2,11-12H2,1H3,(H,22,27). The highest BCUT2D eigenvalue weighted by molar-refractivity contribution is 6.30. The molecule has 0 saturated heterocycles. The van der Waals surface area contributed by atoms with E-state index in [-0.39, 0.29) is 18.3 Å². The van der Waals surface area contributed by atoms with Crippen molar-refractivity contribution in [3.63, 3.8) is 0 Å². The van der Waals surface area contributed by atoms with Gasteiger partial charge in [0.05, 0.1) is 6.54 Å². The van der Waals surface area contributed by atoms with Crippen LogP contribution in [0.15, 0.2) is 48.5 Å². The van der Waals surface area contributed by atoms with Gasteiger partial charge in [-0.3, -0.25) is 4.79 Å². The molecule has 0 bridgehead atoms. The molecule has 0 aliphatic rings. The van der Waals surface area contributed by atoms with Crippen molar-refractivity contribution in [3.8, 4) is 17.1 Å². The average molecular weight is 404 g/mol. The van der Waals surface area contributed by atoms with Crippen LogP contribution in [-0.2, 0) is 4.79 Å². The molecule has 0 saturated carbocycles. The molecule has 7 nitrogen and oxygen atoms in total. The van der Waals surface area contributed by atoms with E-state index in [2.05, 4.69) is 20.7 Å². The van der Waals surface area contributed by atoms with Gasteiger partial charge in [0.2, 0.25) is 11.7 Å². The van der Waals surface area contributed by atoms with E-state index in [4.69, 9.17) is 16.3 Å². The Kier molecular flexibility index (Phi) is 6.54. The third-order valence-corrected chi connectivity index (χ3v) is 4.23. The Labute approximate surface area is 166 Å². The minimum absolute atomic E-state index is 0.231. The highest BCUT2D eigenvalue weighted by Crippen LogP contribution is 2.18. The molecule has 0 aliphatic heterocycles. The summed E-state index contributed by atoms with van der Waals surface area (Å²) in [6.07, 6.45) is 0.501. The number of nitrogens with one attached hydrogen (secondary N) is 1. The number of hydrogen-bond donors (Lipinski definition) is 1. The lowest BCUT2D eigenvalue weighted by Crippen LogP contribution is -2.35. The fraction of sp³-hybridized carbons (Fsp3) is 0.263. The van der Waals surface area contributed by atoms with E-state index in [0.29, 0.717) is 29.6 Å². The van der Waals surface area contributed by atoms with Crippen LogP contribution in [-0.4, -0.2) is 39.3 Å². The maximum absolute atomic E-state index is 12.9. The quantitative estimate of drug-likeness (QED) is 0.584. The molecular weight excluding hydrogens is 385 g/mol. The van der Waals surface area contributed by atoms with E-state index in [0.717, 1.165) is 5.56 Å². The van der Waals surface area contributed by atoms with Gasteiger partial charge in [-0.2, -0.15) is 4.80 Å². The zero-order chi connectivity index (χ0) is 19.9. The number of carbonyl (C=O) groups is 1. The second kappa shape index (κ2) is 9.27. The van der Waals surface area contributed by atoms with Crippen LogP contribution in [0, 0.1) is 5.82 Å². The predicted octanol–water partition coefficient (Wildman–Crippen LogP) is 3.28. The second-order valence-corrected chi connectivity index (χ2v) is 6.39. The maximum Gasteiger partial charge on any atom is 0.246 e. The lowest BCUT2D eigenvalue weighted by molar-refractivity contribution is -0.125. The SMILES string of the molecule is CCC(C(=O)NCCOc1ccc(F)cc1)n1nnc(-c2ccc(Cl)cc2)n1. The number of hydrogen-bond acceptors (Lipinski definition) is 5. The summed E-state index contributed by atoms with van der Waals surface area (Å²) >= 11 is 5.88. The van der Waals surface area contributed by atoms with E-state index in [1.807, 2.05) is 6.92 Å². The van der Waals surface area contributed by atoms with Crippen LogP contribution in [0.1, 0.15) is 19.4 Å². The van der Waals surface area contributed by atoms with Crippen molar-refractivity contribution >= 4 is 17.5 Å². The van der Waals surface area contributed by atoms with Crippen LogP contribution < -0.4 is 10.1 Å². The summed E-state index contributed by atoms with van der Waals surface area (Å²) in [6.45, 7) is 2.42. The van der Waals surface area contributed by atoms with Crippen LogP contribution in [0.25, 0.3) is 11.4 Å². The zero-order valence-corrected chi connectivity index (χ0v) is 15.9. The normalized spacial score (nSPS) is 11.8. The van der Waals surface area contributed by atoms with Crippen molar-refractivity contribution in [1.82, 2.24) is 25.5 Å². The lowest BCUT2D eigenvalue weighted by atomic mass is 10.2. The molecule has 3 rings (SSSR count). The summed E-state index contributed by atoms with van der Waals surface area (Å²) in [4.78, 5) is 13.8. The molecule has 1 amide bonds. The van der Waals surface area contributed by atoms with Crippen LogP contribution in [0.3, 0.4) is 0 Å². The zero-order valence-electron chi connectivity index (χ0n) is 15.2. The summed E-state index contributed by atoms with van der Waals surface area (Å²) in [6, 6.07) is 12.2. The van der Waals surface area contributed by atoms with Gasteiger partial charge in [0.15, 0.2) is 6.04 Å². The van der Waals surface area contributed by atoms with Gasteiger partial charge in [-0.15, -0.1) is 10.2 Å². The summed E-state index contributed by atoms with van der Waals surface area (Å²) in [5.41, 5.74) is 0.763. The first kappa shape index (κ1) is 19.8. The molecular formula is C19H19ClFN5O2.